The molecular formula is C25H14Cl8N2O4. The number of fused-ring (bicyclic) bond motifs is 5. The van der Waals surface area contributed by atoms with Crippen LogP contribution in [0.15, 0.2) is 52.5 Å². The number of alkyl halides is 4. The third kappa shape index (κ3) is 3.83. The van der Waals surface area contributed by atoms with Crippen molar-refractivity contribution in [2.45, 2.75) is 21.0 Å². The van der Waals surface area contributed by atoms with Gasteiger partial charge in [-0.25, -0.2) is 5.01 Å². The molecule has 6 nitrogen and oxygen atoms in total. The number of amides is 3. The van der Waals surface area contributed by atoms with Gasteiger partial charge < -0.3 is 0 Å². The molecule has 2 bridgehead atoms. The monoisotopic (exact) mass is 686 g/mol. The van der Waals surface area contributed by atoms with Crippen molar-refractivity contribution in [1.29, 1.82) is 0 Å². The lowest BCUT2D eigenvalue weighted by Crippen LogP contribution is -2.56. The lowest BCUT2D eigenvalue weighted by molar-refractivity contribution is -0.154. The van der Waals surface area contributed by atoms with Gasteiger partial charge in [0.15, 0.2) is 10.1 Å². The first-order valence-corrected chi connectivity index (χ1v) is 14.2. The second-order valence-electron chi connectivity index (χ2n) is 9.35. The van der Waals surface area contributed by atoms with Crippen molar-refractivity contribution in [2.75, 3.05) is 6.54 Å². The van der Waals surface area contributed by atoms with Crippen LogP contribution < -0.4 is 0 Å². The molecule has 2 aromatic rings. The molecule has 39 heavy (non-hydrogen) atoms. The van der Waals surface area contributed by atoms with Crippen LogP contribution in [0, 0.1) is 18.8 Å². The zero-order valence-corrected chi connectivity index (χ0v) is 25.5. The van der Waals surface area contributed by atoms with Gasteiger partial charge in [-0.2, -0.15) is 5.01 Å². The molecule has 1 aliphatic heterocycles. The summed E-state index contributed by atoms with van der Waals surface area (Å²) < 4.78 is -2.16. The van der Waals surface area contributed by atoms with Crippen LogP contribution in [0.2, 0.25) is 10.0 Å². The number of Topliss-reactive ketones (excluding diaryl/α,β-unsaturated/α-hetero) is 1. The maximum Gasteiger partial charge on any atom is 0.274 e. The average molecular weight is 690 g/mol. The van der Waals surface area contributed by atoms with E-state index in [-0.39, 0.29) is 31.2 Å². The number of hydrogen-bond donors (Lipinski definition) is 0. The Balaban J connectivity index is 1.61. The largest absolute Gasteiger partial charge is 0.292 e. The highest BCUT2D eigenvalue weighted by Crippen LogP contribution is 2.77. The number of halogens is 8. The van der Waals surface area contributed by atoms with Gasteiger partial charge in [-0.05, 0) is 25.1 Å². The van der Waals surface area contributed by atoms with E-state index in [0.717, 1.165) is 5.56 Å². The van der Waals surface area contributed by atoms with Crippen LogP contribution in [0.1, 0.15) is 26.3 Å². The fourth-order valence-electron chi connectivity index (χ4n) is 5.22. The Kier molecular flexibility index (Phi) is 7.26. The fourth-order valence-corrected chi connectivity index (χ4v) is 8.64. The Bertz CT molecular complexity index is 1460. The highest BCUT2D eigenvalue weighted by Gasteiger charge is 2.88. The van der Waals surface area contributed by atoms with Gasteiger partial charge in [-0.3, -0.25) is 19.2 Å². The number of hydrazine groups is 1. The summed E-state index contributed by atoms with van der Waals surface area (Å²) in [6, 6.07) is 10.5. The minimum Gasteiger partial charge on any atom is -0.292 e. The van der Waals surface area contributed by atoms with Crippen LogP contribution in [0.3, 0.4) is 0 Å². The van der Waals surface area contributed by atoms with Crippen molar-refractivity contribution in [3.8, 4) is 0 Å². The molecule has 0 aromatic heterocycles. The van der Waals surface area contributed by atoms with Crippen LogP contribution in [0.25, 0.3) is 0 Å². The van der Waals surface area contributed by atoms with Crippen LogP contribution in [-0.2, 0) is 9.59 Å². The molecule has 204 valence electrons. The summed E-state index contributed by atoms with van der Waals surface area (Å²) in [5.41, 5.74) is 1.00. The number of hydrogen-bond acceptors (Lipinski definition) is 4. The molecule has 1 heterocycles. The summed E-state index contributed by atoms with van der Waals surface area (Å²) in [6.07, 6.45) is 0. The number of imide groups is 1. The van der Waals surface area contributed by atoms with Crippen molar-refractivity contribution in [3.63, 3.8) is 0 Å². The first kappa shape index (κ1) is 29.3. The molecule has 0 spiro atoms. The molecular weight excluding hydrogens is 676 g/mol. The van der Waals surface area contributed by atoms with Crippen molar-refractivity contribution >= 4 is 116 Å². The van der Waals surface area contributed by atoms with E-state index in [0.29, 0.717) is 10.0 Å². The highest BCUT2D eigenvalue weighted by molar-refractivity contribution is 6.66. The molecule has 4 atom stereocenters. The lowest BCUT2D eigenvalue weighted by Gasteiger charge is -2.36. The van der Waals surface area contributed by atoms with Crippen molar-refractivity contribution in [1.82, 2.24) is 10.0 Å². The molecule has 0 N–H and O–H groups in total. The van der Waals surface area contributed by atoms with Gasteiger partial charge >= 0.3 is 0 Å². The first-order valence-electron chi connectivity index (χ1n) is 11.2. The van der Waals surface area contributed by atoms with E-state index in [9.17, 15) is 19.2 Å². The van der Waals surface area contributed by atoms with E-state index in [4.69, 9.17) is 92.8 Å². The van der Waals surface area contributed by atoms with Gasteiger partial charge in [0.1, 0.15) is 16.3 Å². The Morgan fingerprint density at radius 1 is 0.846 bits per heavy atom. The topological polar surface area (TPSA) is 74.8 Å². The third-order valence-corrected chi connectivity index (χ3v) is 12.0. The van der Waals surface area contributed by atoms with Crippen molar-refractivity contribution in [3.05, 3.63) is 79.3 Å². The van der Waals surface area contributed by atoms with Crippen LogP contribution in [-0.4, -0.2) is 54.1 Å². The van der Waals surface area contributed by atoms with Crippen LogP contribution >= 0.6 is 92.8 Å². The molecule has 2 fully saturated rings. The smallest absolute Gasteiger partial charge is 0.274 e. The van der Waals surface area contributed by atoms with Gasteiger partial charge in [0.25, 0.3) is 17.7 Å². The van der Waals surface area contributed by atoms with Gasteiger partial charge in [0.2, 0.25) is 0 Å². The average Bonchev–Trinajstić information content (AvgIpc) is 3.26. The molecule has 1 saturated heterocycles. The number of carbonyl (C=O) groups excluding carboxylic acids is 4. The van der Waals surface area contributed by atoms with Gasteiger partial charge in [-0.1, -0.05) is 99.4 Å². The predicted molar refractivity (Wildman–Crippen MR) is 152 cm³/mol. The molecule has 5 rings (SSSR count). The van der Waals surface area contributed by atoms with Crippen LogP contribution in [0.5, 0.6) is 0 Å². The van der Waals surface area contributed by atoms with E-state index in [1.54, 1.807) is 24.3 Å². The number of ketones is 1. The summed E-state index contributed by atoms with van der Waals surface area (Å²) in [4.78, 5) is 50.8. The molecule has 2 aliphatic carbocycles. The summed E-state index contributed by atoms with van der Waals surface area (Å²) in [5.74, 6) is -6.50. The molecule has 2 aromatic carbocycles. The second kappa shape index (κ2) is 9.67. The van der Waals surface area contributed by atoms with E-state index in [1.807, 2.05) is 6.92 Å². The summed E-state index contributed by atoms with van der Waals surface area (Å²) in [5, 5.41) is 0.796. The third-order valence-electron chi connectivity index (χ3n) is 7.19. The fraction of sp³-hybridized carbons (Fsp3) is 0.280. The van der Waals surface area contributed by atoms with E-state index in [2.05, 4.69) is 0 Å². The maximum absolute atomic E-state index is 13.9. The first-order chi connectivity index (χ1) is 18.1. The quantitative estimate of drug-likeness (QED) is 0.193. The van der Waals surface area contributed by atoms with E-state index < -0.39 is 56.0 Å². The van der Waals surface area contributed by atoms with Gasteiger partial charge in [0, 0.05) is 10.6 Å². The Hall–Kier alpha value is -1.22. The molecule has 3 amide bonds. The second-order valence-corrected chi connectivity index (χ2v) is 13.5. The number of benzene rings is 2. The minimum absolute atomic E-state index is 0.0736. The number of rotatable bonds is 5. The van der Waals surface area contributed by atoms with Crippen molar-refractivity contribution in [2.24, 2.45) is 11.8 Å². The van der Waals surface area contributed by atoms with E-state index in [1.165, 1.54) is 18.2 Å². The summed E-state index contributed by atoms with van der Waals surface area (Å²) in [6.45, 7) is 1.12. The standard InChI is InChI=1S/C25H14Cl8N2O4/c1-10-2-4-11(5-3-10)15(36)9-34(20(37)13-7-6-12(26)8-14(13)27)35-21(38)16-17(22(35)39)24(31)19(29)18(28)23(16,30)25(24,32)33/h2-8,16-17H,9H2,1H3/t16-,17-,23-,24-/m1/s1. The molecule has 1 saturated carbocycles. The minimum atomic E-state index is -2.16. The molecule has 0 unspecified atom stereocenters. The summed E-state index contributed by atoms with van der Waals surface area (Å²) >= 11 is 51.6. The van der Waals surface area contributed by atoms with Crippen molar-refractivity contribution < 1.29 is 19.2 Å². The number of nitrogens with zero attached hydrogens (tertiary/aromatic N) is 2. The Labute approximate surface area is 262 Å². The Morgan fingerprint density at radius 3 is 1.85 bits per heavy atom. The lowest BCUT2D eigenvalue weighted by atomic mass is 9.84. The Morgan fingerprint density at radius 2 is 1.36 bits per heavy atom. The van der Waals surface area contributed by atoms with Crippen LogP contribution in [0.4, 0.5) is 0 Å². The summed E-state index contributed by atoms with van der Waals surface area (Å²) in [7, 11) is 0. The number of carbonyl (C=O) groups is 4. The number of allylic oxidation sites excluding steroid dienone is 2. The highest BCUT2D eigenvalue weighted by atomic mass is 35.5. The number of aryl methyl sites for hydroxylation is 1. The molecule has 3 aliphatic rings. The SMILES string of the molecule is Cc1ccc(C(=O)CN(C(=O)c2ccc(Cl)cc2Cl)N2C(=O)[C@H]3[C@H](C2=O)[C@@]2(Cl)C(Cl)=C(Cl)[C@@]3(Cl)C2(Cl)Cl)cc1. The zero-order valence-electron chi connectivity index (χ0n) is 19.5. The zero-order chi connectivity index (χ0) is 28.8. The van der Waals surface area contributed by atoms with E-state index >= 15 is 0 Å². The maximum atomic E-state index is 13.9. The van der Waals surface area contributed by atoms with Gasteiger partial charge in [-0.15, -0.1) is 23.2 Å². The molecule has 14 heteroatoms. The van der Waals surface area contributed by atoms with Gasteiger partial charge in [0.05, 0.1) is 32.5 Å². The molecule has 0 radical (unpaired) electrons. The normalized spacial score (nSPS) is 28.8. The predicted octanol–water partition coefficient (Wildman–Crippen LogP) is 6.99.